The van der Waals surface area contributed by atoms with Crippen molar-refractivity contribution in [2.24, 2.45) is 0 Å². The van der Waals surface area contributed by atoms with E-state index in [4.69, 9.17) is 14.2 Å². The highest BCUT2D eigenvalue weighted by Gasteiger charge is 2.11. The lowest BCUT2D eigenvalue weighted by Gasteiger charge is -2.13. The van der Waals surface area contributed by atoms with Crippen molar-refractivity contribution in [2.45, 2.75) is 39.0 Å². The number of hydrogen-bond donors (Lipinski definition) is 0. The normalized spacial score (nSPS) is 10.4. The first-order chi connectivity index (χ1) is 12.7. The molecule has 0 heterocycles. The highest BCUT2D eigenvalue weighted by Crippen LogP contribution is 2.24. The summed E-state index contributed by atoms with van der Waals surface area (Å²) < 4.78 is 15.9. The molecule has 0 saturated heterocycles. The molecule has 0 bridgehead atoms. The first-order valence-electron chi connectivity index (χ1n) is 9.15. The van der Waals surface area contributed by atoms with Crippen LogP contribution < -0.4 is 9.47 Å². The minimum absolute atomic E-state index is 0.338. The Kier molecular flexibility index (Phi) is 8.00. The standard InChI is InChI=1S/C22H28O4/c1-4-5-15-26-21-16-19(22(23)25-3)12-11-18(21)8-6-7-17-9-13-20(24-2)14-10-17/h9-14,16H,4-8,15H2,1-3H3. The average Bonchev–Trinajstić information content (AvgIpc) is 2.69. The molecular weight excluding hydrogens is 328 g/mol. The van der Waals surface area contributed by atoms with Crippen molar-refractivity contribution in [2.75, 3.05) is 20.8 Å². The van der Waals surface area contributed by atoms with Crippen LogP contribution >= 0.6 is 0 Å². The summed E-state index contributed by atoms with van der Waals surface area (Å²) in [6.45, 7) is 2.79. The van der Waals surface area contributed by atoms with Gasteiger partial charge in [0.2, 0.25) is 0 Å². The van der Waals surface area contributed by atoms with Crippen LogP contribution in [0.25, 0.3) is 0 Å². The molecule has 0 aliphatic carbocycles. The third-order valence-electron chi connectivity index (χ3n) is 4.31. The first kappa shape index (κ1) is 19.8. The monoisotopic (exact) mass is 356 g/mol. The molecule has 0 N–H and O–H groups in total. The molecule has 2 aromatic rings. The fourth-order valence-corrected chi connectivity index (χ4v) is 2.74. The summed E-state index contributed by atoms with van der Waals surface area (Å²) in [5.41, 5.74) is 2.94. The summed E-state index contributed by atoms with van der Waals surface area (Å²) in [4.78, 5) is 11.8. The summed E-state index contributed by atoms with van der Waals surface area (Å²) in [5, 5.41) is 0. The van der Waals surface area contributed by atoms with E-state index in [1.807, 2.05) is 18.2 Å². The number of rotatable bonds is 10. The quantitative estimate of drug-likeness (QED) is 0.451. The summed E-state index contributed by atoms with van der Waals surface area (Å²) in [7, 11) is 3.07. The fraction of sp³-hybridized carbons (Fsp3) is 0.409. The van der Waals surface area contributed by atoms with Crippen LogP contribution in [0.1, 0.15) is 47.7 Å². The van der Waals surface area contributed by atoms with Gasteiger partial charge in [-0.3, -0.25) is 0 Å². The van der Waals surface area contributed by atoms with Crippen molar-refractivity contribution in [3.8, 4) is 11.5 Å². The van der Waals surface area contributed by atoms with Gasteiger partial charge in [-0.05, 0) is 61.1 Å². The predicted octanol–water partition coefficient (Wildman–Crippen LogP) is 4.84. The van der Waals surface area contributed by atoms with Gasteiger partial charge in [-0.15, -0.1) is 0 Å². The zero-order chi connectivity index (χ0) is 18.8. The second-order valence-electron chi connectivity index (χ2n) is 6.22. The molecule has 0 aliphatic heterocycles. The maximum Gasteiger partial charge on any atom is 0.337 e. The summed E-state index contributed by atoms with van der Waals surface area (Å²) in [5.74, 6) is 1.32. The van der Waals surface area contributed by atoms with E-state index >= 15 is 0 Å². The van der Waals surface area contributed by atoms with Crippen molar-refractivity contribution in [3.63, 3.8) is 0 Å². The van der Waals surface area contributed by atoms with Gasteiger partial charge in [0.05, 0.1) is 26.4 Å². The van der Waals surface area contributed by atoms with Gasteiger partial charge in [0.25, 0.3) is 0 Å². The topological polar surface area (TPSA) is 44.8 Å². The van der Waals surface area contributed by atoms with E-state index in [0.717, 1.165) is 49.2 Å². The first-order valence-corrected chi connectivity index (χ1v) is 9.15. The Morgan fingerprint density at radius 2 is 1.73 bits per heavy atom. The molecule has 0 saturated carbocycles. The molecule has 0 fully saturated rings. The molecule has 0 amide bonds. The van der Waals surface area contributed by atoms with Crippen molar-refractivity contribution in [3.05, 3.63) is 59.2 Å². The lowest BCUT2D eigenvalue weighted by molar-refractivity contribution is 0.0600. The summed E-state index contributed by atoms with van der Waals surface area (Å²) >= 11 is 0. The molecule has 26 heavy (non-hydrogen) atoms. The van der Waals surface area contributed by atoms with Gasteiger partial charge in [-0.1, -0.05) is 31.5 Å². The summed E-state index contributed by atoms with van der Waals surface area (Å²) in [6, 6.07) is 13.7. The number of carbonyl (C=O) groups is 1. The van der Waals surface area contributed by atoms with E-state index in [2.05, 4.69) is 19.1 Å². The van der Waals surface area contributed by atoms with E-state index in [1.165, 1.54) is 12.7 Å². The number of unbranched alkanes of at least 4 members (excludes halogenated alkanes) is 1. The molecule has 0 radical (unpaired) electrons. The number of carbonyl (C=O) groups excluding carboxylic acids is 1. The molecule has 4 nitrogen and oxygen atoms in total. The number of methoxy groups -OCH3 is 2. The number of hydrogen-bond acceptors (Lipinski definition) is 4. The Labute approximate surface area is 156 Å². The highest BCUT2D eigenvalue weighted by atomic mass is 16.5. The molecule has 0 aromatic heterocycles. The lowest BCUT2D eigenvalue weighted by atomic mass is 10.0. The van der Waals surface area contributed by atoms with Crippen LogP contribution in [0.3, 0.4) is 0 Å². The Hall–Kier alpha value is -2.49. The largest absolute Gasteiger partial charge is 0.497 e. The van der Waals surface area contributed by atoms with Crippen LogP contribution in [0, 0.1) is 0 Å². The number of benzene rings is 2. The van der Waals surface area contributed by atoms with Crippen molar-refractivity contribution in [1.29, 1.82) is 0 Å². The van der Waals surface area contributed by atoms with E-state index in [1.54, 1.807) is 19.2 Å². The van der Waals surface area contributed by atoms with Crippen molar-refractivity contribution >= 4 is 5.97 Å². The predicted molar refractivity (Wildman–Crippen MR) is 103 cm³/mol. The van der Waals surface area contributed by atoms with Crippen LogP contribution in [-0.4, -0.2) is 26.8 Å². The van der Waals surface area contributed by atoms with Gasteiger partial charge < -0.3 is 14.2 Å². The fourth-order valence-electron chi connectivity index (χ4n) is 2.74. The van der Waals surface area contributed by atoms with Crippen molar-refractivity contribution in [1.82, 2.24) is 0 Å². The van der Waals surface area contributed by atoms with Gasteiger partial charge in [-0.25, -0.2) is 4.79 Å². The minimum atomic E-state index is -0.338. The number of ether oxygens (including phenoxy) is 3. The molecule has 2 aromatic carbocycles. The van der Waals surface area contributed by atoms with Gasteiger partial charge >= 0.3 is 5.97 Å². The maximum atomic E-state index is 11.8. The molecule has 0 unspecified atom stereocenters. The second-order valence-corrected chi connectivity index (χ2v) is 6.22. The Bertz CT molecular complexity index is 692. The second kappa shape index (κ2) is 10.5. The van der Waals surface area contributed by atoms with E-state index in [0.29, 0.717) is 12.2 Å². The van der Waals surface area contributed by atoms with Gasteiger partial charge in [-0.2, -0.15) is 0 Å². The Morgan fingerprint density at radius 3 is 2.38 bits per heavy atom. The van der Waals surface area contributed by atoms with Gasteiger partial charge in [0.1, 0.15) is 11.5 Å². The molecule has 2 rings (SSSR count). The van der Waals surface area contributed by atoms with Crippen LogP contribution in [0.15, 0.2) is 42.5 Å². The molecule has 0 atom stereocenters. The Morgan fingerprint density at radius 1 is 0.962 bits per heavy atom. The van der Waals surface area contributed by atoms with Crippen LogP contribution in [-0.2, 0) is 17.6 Å². The van der Waals surface area contributed by atoms with Crippen molar-refractivity contribution < 1.29 is 19.0 Å². The number of esters is 1. The van der Waals surface area contributed by atoms with Crippen LogP contribution in [0.4, 0.5) is 0 Å². The molecule has 0 aliphatic rings. The maximum absolute atomic E-state index is 11.8. The zero-order valence-corrected chi connectivity index (χ0v) is 15.9. The SMILES string of the molecule is CCCCOc1cc(C(=O)OC)ccc1CCCc1ccc(OC)cc1. The Balaban J connectivity index is 2.01. The smallest absolute Gasteiger partial charge is 0.337 e. The van der Waals surface area contributed by atoms with Gasteiger partial charge in [0.15, 0.2) is 0 Å². The minimum Gasteiger partial charge on any atom is -0.497 e. The molecular formula is C22H28O4. The third kappa shape index (κ3) is 5.80. The lowest BCUT2D eigenvalue weighted by Crippen LogP contribution is -2.05. The van der Waals surface area contributed by atoms with Crippen LogP contribution in [0.5, 0.6) is 11.5 Å². The highest BCUT2D eigenvalue weighted by molar-refractivity contribution is 5.89. The van der Waals surface area contributed by atoms with Gasteiger partial charge in [0, 0.05) is 0 Å². The van der Waals surface area contributed by atoms with Crippen LogP contribution in [0.2, 0.25) is 0 Å². The third-order valence-corrected chi connectivity index (χ3v) is 4.31. The molecule has 0 spiro atoms. The molecule has 4 heteroatoms. The van der Waals surface area contributed by atoms with E-state index in [9.17, 15) is 4.79 Å². The van der Waals surface area contributed by atoms with E-state index in [-0.39, 0.29) is 5.97 Å². The molecule has 140 valence electrons. The summed E-state index contributed by atoms with van der Waals surface area (Å²) in [6.07, 6.45) is 4.96. The number of aryl methyl sites for hydroxylation is 2. The average molecular weight is 356 g/mol. The zero-order valence-electron chi connectivity index (χ0n) is 15.9. The van der Waals surface area contributed by atoms with E-state index < -0.39 is 0 Å².